The summed E-state index contributed by atoms with van der Waals surface area (Å²) in [6.07, 6.45) is 0.616. The van der Waals surface area contributed by atoms with Crippen LogP contribution in [0.25, 0.3) is 10.9 Å². The van der Waals surface area contributed by atoms with E-state index in [9.17, 15) is 0 Å². The zero-order valence-electron chi connectivity index (χ0n) is 8.57. The number of benzene rings is 1. The van der Waals surface area contributed by atoms with Gasteiger partial charge in [-0.05, 0) is 13.0 Å². The van der Waals surface area contributed by atoms with Crippen LogP contribution in [-0.4, -0.2) is 21.5 Å². The summed E-state index contributed by atoms with van der Waals surface area (Å²) in [5.74, 6) is 0. The summed E-state index contributed by atoms with van der Waals surface area (Å²) in [4.78, 5) is 0. The Morgan fingerprint density at radius 1 is 1.47 bits per heavy atom. The third-order valence-electron chi connectivity index (χ3n) is 2.48. The minimum atomic E-state index is 0.132. The molecule has 0 bridgehead atoms. The van der Waals surface area contributed by atoms with Gasteiger partial charge in [0.25, 0.3) is 0 Å². The Hall–Kier alpha value is -1.06. The van der Waals surface area contributed by atoms with Gasteiger partial charge in [0.15, 0.2) is 0 Å². The van der Waals surface area contributed by atoms with Crippen LogP contribution in [0.2, 0.25) is 5.02 Å². The molecular weight excluding hydrogens is 212 g/mol. The molecule has 15 heavy (non-hydrogen) atoms. The maximum atomic E-state index is 9.01. The van der Waals surface area contributed by atoms with Gasteiger partial charge in [0.1, 0.15) is 5.52 Å². The molecule has 0 atom stereocenters. The van der Waals surface area contributed by atoms with Gasteiger partial charge in [-0.15, -0.1) is 0 Å². The molecule has 0 saturated carbocycles. The van der Waals surface area contributed by atoms with Gasteiger partial charge in [0.05, 0.1) is 5.02 Å². The molecule has 80 valence electrons. The van der Waals surface area contributed by atoms with E-state index in [1.165, 1.54) is 0 Å². The topological polar surface area (TPSA) is 38.0 Å². The SMILES string of the molecule is CCn1nc2c(Cl)cccc2c1CCO. The molecule has 2 rings (SSSR count). The third-order valence-corrected chi connectivity index (χ3v) is 2.78. The lowest BCUT2D eigenvalue weighted by molar-refractivity contribution is 0.296. The molecule has 0 aliphatic heterocycles. The molecular formula is C11H13ClN2O. The van der Waals surface area contributed by atoms with E-state index in [0.29, 0.717) is 11.4 Å². The van der Waals surface area contributed by atoms with E-state index < -0.39 is 0 Å². The van der Waals surface area contributed by atoms with Crippen molar-refractivity contribution in [2.75, 3.05) is 6.61 Å². The van der Waals surface area contributed by atoms with Crippen molar-refractivity contribution in [3.05, 3.63) is 28.9 Å². The lowest BCUT2D eigenvalue weighted by Gasteiger charge is -2.02. The molecule has 0 aliphatic carbocycles. The van der Waals surface area contributed by atoms with Crippen LogP contribution in [-0.2, 0) is 13.0 Å². The van der Waals surface area contributed by atoms with E-state index in [1.807, 2.05) is 29.8 Å². The number of hydrogen-bond acceptors (Lipinski definition) is 2. The zero-order valence-corrected chi connectivity index (χ0v) is 9.33. The summed E-state index contributed by atoms with van der Waals surface area (Å²) in [5.41, 5.74) is 1.88. The second kappa shape index (κ2) is 4.21. The van der Waals surface area contributed by atoms with Crippen molar-refractivity contribution < 1.29 is 5.11 Å². The maximum Gasteiger partial charge on any atom is 0.111 e. The van der Waals surface area contributed by atoms with Crippen LogP contribution >= 0.6 is 11.6 Å². The Kier molecular flexibility index (Phi) is 2.93. The van der Waals surface area contributed by atoms with E-state index in [2.05, 4.69) is 5.10 Å². The van der Waals surface area contributed by atoms with Crippen LogP contribution in [0.1, 0.15) is 12.6 Å². The molecule has 1 aromatic carbocycles. The molecule has 0 saturated heterocycles. The predicted octanol–water partition coefficient (Wildman–Crippen LogP) is 2.24. The largest absolute Gasteiger partial charge is 0.396 e. The monoisotopic (exact) mass is 224 g/mol. The number of nitrogens with zero attached hydrogens (tertiary/aromatic N) is 2. The lowest BCUT2D eigenvalue weighted by Crippen LogP contribution is -2.04. The highest BCUT2D eigenvalue weighted by atomic mass is 35.5. The Morgan fingerprint density at radius 3 is 2.93 bits per heavy atom. The predicted molar refractivity (Wildman–Crippen MR) is 61.2 cm³/mol. The van der Waals surface area contributed by atoms with Crippen molar-refractivity contribution in [2.24, 2.45) is 0 Å². The summed E-state index contributed by atoms with van der Waals surface area (Å²) >= 11 is 6.06. The first-order chi connectivity index (χ1) is 7.27. The first-order valence-electron chi connectivity index (χ1n) is 5.02. The Bertz CT molecular complexity index is 479. The van der Waals surface area contributed by atoms with Crippen molar-refractivity contribution in [1.29, 1.82) is 0 Å². The van der Waals surface area contributed by atoms with Gasteiger partial charge in [-0.25, -0.2) is 0 Å². The molecule has 1 N–H and O–H groups in total. The normalized spacial score (nSPS) is 11.1. The molecule has 0 fully saturated rings. The summed E-state index contributed by atoms with van der Waals surface area (Å²) in [6.45, 7) is 2.95. The Morgan fingerprint density at radius 2 is 2.27 bits per heavy atom. The van der Waals surface area contributed by atoms with Crippen molar-refractivity contribution in [3.63, 3.8) is 0 Å². The summed E-state index contributed by atoms with van der Waals surface area (Å²) in [5, 5.41) is 15.1. The van der Waals surface area contributed by atoms with Gasteiger partial charge in [-0.2, -0.15) is 5.10 Å². The molecule has 0 spiro atoms. The van der Waals surface area contributed by atoms with Crippen LogP contribution in [0, 0.1) is 0 Å². The number of halogens is 1. The van der Waals surface area contributed by atoms with Gasteiger partial charge in [0.2, 0.25) is 0 Å². The molecule has 0 aliphatic rings. The first-order valence-corrected chi connectivity index (χ1v) is 5.40. The van der Waals surface area contributed by atoms with Gasteiger partial charge >= 0.3 is 0 Å². The number of aryl methyl sites for hydroxylation is 1. The van der Waals surface area contributed by atoms with Crippen LogP contribution < -0.4 is 0 Å². The van der Waals surface area contributed by atoms with Crippen LogP contribution in [0.15, 0.2) is 18.2 Å². The average Bonchev–Trinajstić information content (AvgIpc) is 2.59. The van der Waals surface area contributed by atoms with E-state index in [1.54, 1.807) is 0 Å². The number of fused-ring (bicyclic) bond motifs is 1. The smallest absolute Gasteiger partial charge is 0.111 e. The highest BCUT2D eigenvalue weighted by Crippen LogP contribution is 2.25. The van der Waals surface area contributed by atoms with Gasteiger partial charge in [-0.3, -0.25) is 4.68 Å². The fourth-order valence-corrected chi connectivity index (χ4v) is 2.01. The standard InChI is InChI=1S/C11H13ClN2O/c1-2-14-10(6-7-15)8-4-3-5-9(12)11(8)13-14/h3-5,15H,2,6-7H2,1H3. The quantitative estimate of drug-likeness (QED) is 0.869. The molecule has 0 radical (unpaired) electrons. The van der Waals surface area contributed by atoms with E-state index in [-0.39, 0.29) is 6.61 Å². The van der Waals surface area contributed by atoms with Crippen molar-refractivity contribution in [2.45, 2.75) is 19.9 Å². The van der Waals surface area contributed by atoms with Gasteiger partial charge in [0, 0.05) is 30.7 Å². The van der Waals surface area contributed by atoms with Gasteiger partial charge < -0.3 is 5.11 Å². The second-order valence-electron chi connectivity index (χ2n) is 3.37. The van der Waals surface area contributed by atoms with Crippen LogP contribution in [0.5, 0.6) is 0 Å². The number of aliphatic hydroxyl groups is 1. The number of hydrogen-bond donors (Lipinski definition) is 1. The van der Waals surface area contributed by atoms with Crippen molar-refractivity contribution in [1.82, 2.24) is 9.78 Å². The summed E-state index contributed by atoms with van der Waals surface area (Å²) in [7, 11) is 0. The van der Waals surface area contributed by atoms with Gasteiger partial charge in [-0.1, -0.05) is 23.7 Å². The number of aliphatic hydroxyl groups excluding tert-OH is 1. The fourth-order valence-electron chi connectivity index (χ4n) is 1.80. The average molecular weight is 225 g/mol. The van der Waals surface area contributed by atoms with Crippen LogP contribution in [0.4, 0.5) is 0 Å². The van der Waals surface area contributed by atoms with Crippen molar-refractivity contribution >= 4 is 22.5 Å². The molecule has 1 heterocycles. The Balaban J connectivity index is 2.68. The maximum absolute atomic E-state index is 9.01. The van der Waals surface area contributed by atoms with Crippen molar-refractivity contribution in [3.8, 4) is 0 Å². The highest BCUT2D eigenvalue weighted by molar-refractivity contribution is 6.35. The molecule has 2 aromatic rings. The second-order valence-corrected chi connectivity index (χ2v) is 3.78. The molecule has 1 aromatic heterocycles. The lowest BCUT2D eigenvalue weighted by atomic mass is 10.2. The summed E-state index contributed by atoms with van der Waals surface area (Å²) < 4.78 is 1.90. The number of aromatic nitrogens is 2. The zero-order chi connectivity index (χ0) is 10.8. The van der Waals surface area contributed by atoms with Crippen LogP contribution in [0.3, 0.4) is 0 Å². The molecule has 0 unspecified atom stereocenters. The third kappa shape index (κ3) is 1.73. The minimum absolute atomic E-state index is 0.132. The summed E-state index contributed by atoms with van der Waals surface area (Å²) in [6, 6.07) is 5.73. The van der Waals surface area contributed by atoms with E-state index in [4.69, 9.17) is 16.7 Å². The molecule has 0 amide bonds. The highest BCUT2D eigenvalue weighted by Gasteiger charge is 2.11. The fraction of sp³-hybridized carbons (Fsp3) is 0.364. The number of rotatable bonds is 3. The first kappa shape index (κ1) is 10.5. The Labute approximate surface area is 93.3 Å². The molecule has 4 heteroatoms. The molecule has 3 nitrogen and oxygen atoms in total. The van der Waals surface area contributed by atoms with E-state index >= 15 is 0 Å². The minimum Gasteiger partial charge on any atom is -0.396 e. The van der Waals surface area contributed by atoms with E-state index in [0.717, 1.165) is 23.1 Å².